The van der Waals surface area contributed by atoms with Gasteiger partial charge in [-0.3, -0.25) is 4.79 Å². The molecule has 0 N–H and O–H groups in total. The Morgan fingerprint density at radius 1 is 1.32 bits per heavy atom. The van der Waals surface area contributed by atoms with E-state index in [0.29, 0.717) is 23.5 Å². The first-order valence-electron chi connectivity index (χ1n) is 8.18. The van der Waals surface area contributed by atoms with Crippen LogP contribution in [0.4, 0.5) is 0 Å². The number of pyridine rings is 1. The van der Waals surface area contributed by atoms with Crippen LogP contribution in [0, 0.1) is 0 Å². The fourth-order valence-electron chi connectivity index (χ4n) is 3.35. The molecule has 2 saturated heterocycles. The third kappa shape index (κ3) is 3.40. The lowest BCUT2D eigenvalue weighted by Gasteiger charge is -2.39. The Kier molecular flexibility index (Phi) is 4.91. The predicted molar refractivity (Wildman–Crippen MR) is 89.5 cm³/mol. The minimum Gasteiger partial charge on any atom is -0.473 e. The maximum Gasteiger partial charge on any atom is 0.254 e. The molecule has 2 fully saturated rings. The molecule has 3 unspecified atom stereocenters. The van der Waals surface area contributed by atoms with E-state index in [9.17, 15) is 4.79 Å². The molecular weight excluding hydrogens is 296 g/mol. The number of piperidine rings is 1. The summed E-state index contributed by atoms with van der Waals surface area (Å²) in [6, 6.07) is 4.21. The SMILES string of the molecule is CC1CCCC(C)N1C(=O)c1ccnc(OC2CCSC2)c1. The number of likely N-dealkylation sites (tertiary alicyclic amines) is 1. The van der Waals surface area contributed by atoms with Crippen LogP contribution in [-0.4, -0.2) is 45.5 Å². The van der Waals surface area contributed by atoms with Gasteiger partial charge in [0.1, 0.15) is 6.10 Å². The summed E-state index contributed by atoms with van der Waals surface area (Å²) in [4.78, 5) is 19.1. The van der Waals surface area contributed by atoms with Gasteiger partial charge in [-0.25, -0.2) is 4.98 Å². The van der Waals surface area contributed by atoms with Gasteiger partial charge in [-0.05, 0) is 51.3 Å². The highest BCUT2D eigenvalue weighted by atomic mass is 32.2. The van der Waals surface area contributed by atoms with E-state index in [1.165, 1.54) is 6.42 Å². The summed E-state index contributed by atoms with van der Waals surface area (Å²) in [5, 5.41) is 0. The number of nitrogens with zero attached hydrogens (tertiary/aromatic N) is 2. The van der Waals surface area contributed by atoms with Crippen LogP contribution in [0.5, 0.6) is 5.88 Å². The van der Waals surface area contributed by atoms with Gasteiger partial charge in [-0.2, -0.15) is 11.8 Å². The smallest absolute Gasteiger partial charge is 0.254 e. The number of hydrogen-bond acceptors (Lipinski definition) is 4. The third-order valence-corrected chi connectivity index (χ3v) is 5.72. The maximum atomic E-state index is 12.8. The van der Waals surface area contributed by atoms with Crippen LogP contribution in [0.3, 0.4) is 0 Å². The van der Waals surface area contributed by atoms with Crippen LogP contribution < -0.4 is 4.74 Å². The molecule has 0 saturated carbocycles. The molecule has 1 aromatic rings. The molecule has 120 valence electrons. The minimum absolute atomic E-state index is 0.104. The van der Waals surface area contributed by atoms with Gasteiger partial charge >= 0.3 is 0 Å². The monoisotopic (exact) mass is 320 g/mol. The van der Waals surface area contributed by atoms with Crippen molar-refractivity contribution in [3.63, 3.8) is 0 Å². The summed E-state index contributed by atoms with van der Waals surface area (Å²) in [7, 11) is 0. The van der Waals surface area contributed by atoms with Gasteiger partial charge in [0.2, 0.25) is 5.88 Å². The fourth-order valence-corrected chi connectivity index (χ4v) is 4.45. The van der Waals surface area contributed by atoms with Gasteiger partial charge in [-0.15, -0.1) is 0 Å². The summed E-state index contributed by atoms with van der Waals surface area (Å²) < 4.78 is 5.90. The van der Waals surface area contributed by atoms with Crippen molar-refractivity contribution in [1.82, 2.24) is 9.88 Å². The second kappa shape index (κ2) is 6.90. The zero-order valence-corrected chi connectivity index (χ0v) is 14.1. The number of carbonyl (C=O) groups excluding carboxylic acids is 1. The summed E-state index contributed by atoms with van der Waals surface area (Å²) in [5.41, 5.74) is 0.691. The Labute approximate surface area is 136 Å². The van der Waals surface area contributed by atoms with Crippen molar-refractivity contribution in [2.45, 2.75) is 57.7 Å². The average molecular weight is 320 g/mol. The topological polar surface area (TPSA) is 42.4 Å². The molecule has 0 bridgehead atoms. The quantitative estimate of drug-likeness (QED) is 0.856. The highest BCUT2D eigenvalue weighted by molar-refractivity contribution is 7.99. The second-order valence-electron chi connectivity index (χ2n) is 6.33. The number of hydrogen-bond donors (Lipinski definition) is 0. The predicted octanol–water partition coefficient (Wildman–Crippen LogP) is 3.37. The summed E-state index contributed by atoms with van der Waals surface area (Å²) in [5.74, 6) is 2.84. The molecule has 3 rings (SSSR count). The summed E-state index contributed by atoms with van der Waals surface area (Å²) >= 11 is 1.91. The number of ether oxygens (including phenoxy) is 1. The van der Waals surface area contributed by atoms with Crippen LogP contribution in [0.25, 0.3) is 0 Å². The number of amides is 1. The lowest BCUT2D eigenvalue weighted by molar-refractivity contribution is 0.0510. The number of carbonyl (C=O) groups is 1. The Hall–Kier alpha value is -1.23. The molecular formula is C17H24N2O2S. The number of thioether (sulfide) groups is 1. The molecule has 0 aliphatic carbocycles. The van der Waals surface area contributed by atoms with Crippen LogP contribution in [0.15, 0.2) is 18.3 Å². The fraction of sp³-hybridized carbons (Fsp3) is 0.647. The van der Waals surface area contributed by atoms with E-state index in [4.69, 9.17) is 4.74 Å². The lowest BCUT2D eigenvalue weighted by Crippen LogP contribution is -2.47. The van der Waals surface area contributed by atoms with Gasteiger partial charge in [0.15, 0.2) is 0 Å². The van der Waals surface area contributed by atoms with Crippen molar-refractivity contribution in [2.24, 2.45) is 0 Å². The average Bonchev–Trinajstić information content (AvgIpc) is 3.00. The van der Waals surface area contributed by atoms with E-state index in [2.05, 4.69) is 18.8 Å². The van der Waals surface area contributed by atoms with E-state index >= 15 is 0 Å². The molecule has 1 aromatic heterocycles. The zero-order valence-electron chi connectivity index (χ0n) is 13.3. The lowest BCUT2D eigenvalue weighted by atomic mass is 9.96. The Bertz CT molecular complexity index is 521. The highest BCUT2D eigenvalue weighted by Gasteiger charge is 2.30. The minimum atomic E-state index is 0.104. The van der Waals surface area contributed by atoms with Crippen LogP contribution in [0.2, 0.25) is 0 Å². The second-order valence-corrected chi connectivity index (χ2v) is 7.48. The first kappa shape index (κ1) is 15.7. The molecule has 0 spiro atoms. The standard InChI is InChI=1S/C17H24N2O2S/c1-12-4-3-5-13(2)19(12)17(20)14-6-8-18-16(10-14)21-15-7-9-22-11-15/h6,8,10,12-13,15H,3-5,7,9,11H2,1-2H3. The summed E-state index contributed by atoms with van der Waals surface area (Å²) in [6.07, 6.45) is 6.36. The number of aromatic nitrogens is 1. The van der Waals surface area contributed by atoms with Crippen molar-refractivity contribution < 1.29 is 9.53 Å². The van der Waals surface area contributed by atoms with Gasteiger partial charge in [0, 0.05) is 35.7 Å². The normalized spacial score (nSPS) is 28.6. The first-order chi connectivity index (χ1) is 10.6. The molecule has 3 atom stereocenters. The molecule has 0 aromatic carbocycles. The Balaban J connectivity index is 1.74. The Morgan fingerprint density at radius 2 is 2.09 bits per heavy atom. The largest absolute Gasteiger partial charge is 0.473 e. The molecule has 1 amide bonds. The van der Waals surface area contributed by atoms with Crippen molar-refractivity contribution in [3.05, 3.63) is 23.9 Å². The zero-order chi connectivity index (χ0) is 15.5. The van der Waals surface area contributed by atoms with E-state index in [1.807, 2.05) is 16.7 Å². The first-order valence-corrected chi connectivity index (χ1v) is 9.33. The van der Waals surface area contributed by atoms with Gasteiger partial charge in [0.05, 0.1) is 0 Å². The van der Waals surface area contributed by atoms with Crippen molar-refractivity contribution >= 4 is 17.7 Å². The molecule has 4 nitrogen and oxygen atoms in total. The van der Waals surface area contributed by atoms with Crippen molar-refractivity contribution in [2.75, 3.05) is 11.5 Å². The highest BCUT2D eigenvalue weighted by Crippen LogP contribution is 2.26. The van der Waals surface area contributed by atoms with E-state index in [0.717, 1.165) is 30.8 Å². The molecule has 2 aliphatic rings. The van der Waals surface area contributed by atoms with E-state index in [1.54, 1.807) is 18.3 Å². The van der Waals surface area contributed by atoms with Crippen LogP contribution in [0.1, 0.15) is 49.9 Å². The molecule has 3 heterocycles. The van der Waals surface area contributed by atoms with E-state index in [-0.39, 0.29) is 12.0 Å². The van der Waals surface area contributed by atoms with Crippen molar-refractivity contribution in [3.8, 4) is 5.88 Å². The summed E-state index contributed by atoms with van der Waals surface area (Å²) in [6.45, 7) is 4.28. The molecule has 2 aliphatic heterocycles. The van der Waals surface area contributed by atoms with Gasteiger partial charge in [0.25, 0.3) is 5.91 Å². The van der Waals surface area contributed by atoms with Crippen LogP contribution >= 0.6 is 11.8 Å². The van der Waals surface area contributed by atoms with Gasteiger partial charge in [-0.1, -0.05) is 0 Å². The molecule has 22 heavy (non-hydrogen) atoms. The molecule has 5 heteroatoms. The van der Waals surface area contributed by atoms with E-state index < -0.39 is 0 Å². The van der Waals surface area contributed by atoms with Crippen LogP contribution in [-0.2, 0) is 0 Å². The van der Waals surface area contributed by atoms with Crippen molar-refractivity contribution in [1.29, 1.82) is 0 Å². The number of rotatable bonds is 3. The maximum absolute atomic E-state index is 12.8. The Morgan fingerprint density at radius 3 is 2.77 bits per heavy atom. The molecule has 0 radical (unpaired) electrons. The van der Waals surface area contributed by atoms with Gasteiger partial charge < -0.3 is 9.64 Å². The third-order valence-electron chi connectivity index (χ3n) is 4.59.